The second kappa shape index (κ2) is 12.2. The number of ether oxygens (including phenoxy) is 2. The van der Waals surface area contributed by atoms with Gasteiger partial charge < -0.3 is 13.9 Å². The average Bonchev–Trinajstić information content (AvgIpc) is 2.87. The van der Waals surface area contributed by atoms with Crippen LogP contribution in [0.2, 0.25) is 5.02 Å². The molecule has 0 bridgehead atoms. The van der Waals surface area contributed by atoms with Crippen molar-refractivity contribution in [3.63, 3.8) is 0 Å². The van der Waals surface area contributed by atoms with Crippen molar-refractivity contribution in [1.82, 2.24) is 0 Å². The third kappa shape index (κ3) is 6.86. The normalized spacial score (nSPS) is 11.6. The van der Waals surface area contributed by atoms with Gasteiger partial charge in [-0.2, -0.15) is 13.2 Å². The van der Waals surface area contributed by atoms with Crippen molar-refractivity contribution < 1.29 is 31.9 Å². The van der Waals surface area contributed by atoms with Crippen molar-refractivity contribution >= 4 is 28.5 Å². The van der Waals surface area contributed by atoms with Gasteiger partial charge in [-0.25, -0.2) is 4.79 Å². The minimum Gasteiger partial charge on any atom is -0.449 e. The third-order valence-corrected chi connectivity index (χ3v) is 6.54. The number of hydrogen-bond donors (Lipinski definition) is 0. The van der Waals surface area contributed by atoms with Crippen LogP contribution in [0.15, 0.2) is 63.8 Å². The van der Waals surface area contributed by atoms with Crippen LogP contribution >= 0.6 is 11.6 Å². The highest BCUT2D eigenvalue weighted by Gasteiger charge is 2.40. The zero-order valence-corrected chi connectivity index (χ0v) is 23.0. The molecule has 40 heavy (non-hydrogen) atoms. The van der Waals surface area contributed by atoms with E-state index in [1.165, 1.54) is 42.5 Å². The van der Waals surface area contributed by atoms with Crippen LogP contribution in [0.25, 0.3) is 11.0 Å². The summed E-state index contributed by atoms with van der Waals surface area (Å²) in [5, 5.41) is 0.323. The average molecular weight is 573 g/mol. The topological polar surface area (TPSA) is 65.7 Å². The summed E-state index contributed by atoms with van der Waals surface area (Å²) in [5.74, 6) is -3.15. The van der Waals surface area contributed by atoms with Crippen molar-refractivity contribution in [3.8, 4) is 17.2 Å². The Morgan fingerprint density at radius 3 is 2.25 bits per heavy atom. The lowest BCUT2D eigenvalue weighted by atomic mass is 10.0. The molecule has 0 amide bonds. The van der Waals surface area contributed by atoms with Gasteiger partial charge in [-0.15, -0.1) is 0 Å². The van der Waals surface area contributed by atoms with Crippen LogP contribution in [-0.4, -0.2) is 5.97 Å². The maximum atomic E-state index is 14.1. The molecule has 0 aliphatic heterocycles. The van der Waals surface area contributed by atoms with Crippen molar-refractivity contribution in [1.29, 1.82) is 0 Å². The van der Waals surface area contributed by atoms with E-state index in [0.717, 1.165) is 42.9 Å². The summed E-state index contributed by atoms with van der Waals surface area (Å²) < 4.78 is 58.7. The van der Waals surface area contributed by atoms with E-state index in [0.29, 0.717) is 17.0 Å². The lowest BCUT2D eigenvalue weighted by Crippen LogP contribution is -2.16. The number of rotatable bonds is 9. The summed E-state index contributed by atoms with van der Waals surface area (Å²) in [4.78, 5) is 26.3. The van der Waals surface area contributed by atoms with Gasteiger partial charge in [0.1, 0.15) is 17.1 Å². The van der Waals surface area contributed by atoms with Gasteiger partial charge in [-0.3, -0.25) is 4.79 Å². The quantitative estimate of drug-likeness (QED) is 0.114. The standard InChI is InChI=1S/C31H28ClF3O5/c1-4-5-6-7-8-21-16-24-26(17-25(21)40-30(37)20-9-11-22(32)12-10-20)39-29(31(33,34)35)28(27(24)36)38-23-14-18(2)13-19(3)15-23/h9-17H,4-8H2,1-3H3. The largest absolute Gasteiger partial charge is 0.453 e. The first-order valence-corrected chi connectivity index (χ1v) is 13.3. The zero-order valence-electron chi connectivity index (χ0n) is 22.3. The van der Waals surface area contributed by atoms with E-state index in [-0.39, 0.29) is 28.0 Å². The van der Waals surface area contributed by atoms with E-state index in [9.17, 15) is 22.8 Å². The summed E-state index contributed by atoms with van der Waals surface area (Å²) in [6.45, 7) is 5.60. The van der Waals surface area contributed by atoms with E-state index < -0.39 is 29.1 Å². The summed E-state index contributed by atoms with van der Waals surface area (Å²) in [6.07, 6.45) is -0.991. The molecule has 5 nitrogen and oxygen atoms in total. The van der Waals surface area contributed by atoms with Crippen LogP contribution in [0.4, 0.5) is 13.2 Å². The molecule has 0 radical (unpaired) electrons. The first-order valence-electron chi connectivity index (χ1n) is 12.9. The lowest BCUT2D eigenvalue weighted by molar-refractivity contribution is -0.154. The Labute approximate surface area is 234 Å². The van der Waals surface area contributed by atoms with Gasteiger partial charge in [0, 0.05) is 11.1 Å². The van der Waals surface area contributed by atoms with Gasteiger partial charge in [-0.1, -0.05) is 43.9 Å². The van der Waals surface area contributed by atoms with Gasteiger partial charge in [0.25, 0.3) is 5.76 Å². The molecule has 0 saturated heterocycles. The highest BCUT2D eigenvalue weighted by Crippen LogP contribution is 2.40. The van der Waals surface area contributed by atoms with Gasteiger partial charge in [-0.05, 0) is 85.8 Å². The first kappa shape index (κ1) is 29.2. The Bertz CT molecular complexity index is 1570. The van der Waals surface area contributed by atoms with E-state index in [1.807, 2.05) is 6.07 Å². The predicted molar refractivity (Wildman–Crippen MR) is 148 cm³/mol. The molecular weight excluding hydrogens is 545 g/mol. The summed E-state index contributed by atoms with van der Waals surface area (Å²) in [5.41, 5.74) is 0.872. The predicted octanol–water partition coefficient (Wildman–Crippen LogP) is 9.22. The van der Waals surface area contributed by atoms with Gasteiger partial charge >= 0.3 is 12.1 Å². The monoisotopic (exact) mass is 572 g/mol. The highest BCUT2D eigenvalue weighted by atomic mass is 35.5. The van der Waals surface area contributed by atoms with Crippen molar-refractivity contribution in [3.05, 3.63) is 97.9 Å². The number of carbonyl (C=O) groups excluding carboxylic acids is 1. The Hall–Kier alpha value is -3.78. The van der Waals surface area contributed by atoms with Crippen molar-refractivity contribution in [2.45, 2.75) is 59.1 Å². The molecule has 0 saturated carbocycles. The fraction of sp³-hybridized carbons (Fsp3) is 0.290. The maximum Gasteiger partial charge on any atom is 0.453 e. The molecule has 0 fully saturated rings. The Kier molecular flexibility index (Phi) is 8.88. The van der Waals surface area contributed by atoms with Crippen molar-refractivity contribution in [2.24, 2.45) is 0 Å². The van der Waals surface area contributed by atoms with E-state index >= 15 is 0 Å². The highest BCUT2D eigenvalue weighted by molar-refractivity contribution is 6.30. The number of fused-ring (bicyclic) bond motifs is 1. The van der Waals surface area contributed by atoms with Crippen LogP contribution < -0.4 is 14.9 Å². The number of hydrogen-bond acceptors (Lipinski definition) is 5. The van der Waals surface area contributed by atoms with Crippen LogP contribution in [0.3, 0.4) is 0 Å². The molecular formula is C31H28ClF3O5. The third-order valence-electron chi connectivity index (χ3n) is 6.29. The molecule has 0 atom stereocenters. The minimum atomic E-state index is -5.03. The number of aryl methyl sites for hydroxylation is 3. The van der Waals surface area contributed by atoms with Crippen LogP contribution in [-0.2, 0) is 12.6 Å². The van der Waals surface area contributed by atoms with Crippen LogP contribution in [0, 0.1) is 13.8 Å². The first-order chi connectivity index (χ1) is 19.0. The fourth-order valence-corrected chi connectivity index (χ4v) is 4.54. The summed E-state index contributed by atoms with van der Waals surface area (Å²) in [7, 11) is 0. The number of benzene rings is 3. The molecule has 9 heteroatoms. The second-order valence-corrected chi connectivity index (χ2v) is 10.1. The molecule has 210 valence electrons. The minimum absolute atomic E-state index is 0.0169. The molecule has 3 aromatic carbocycles. The van der Waals surface area contributed by atoms with Gasteiger partial charge in [0.2, 0.25) is 11.2 Å². The summed E-state index contributed by atoms with van der Waals surface area (Å²) in [6, 6.07) is 13.5. The number of alkyl halides is 3. The van der Waals surface area contributed by atoms with Gasteiger partial charge in [0.15, 0.2) is 0 Å². The SMILES string of the molecule is CCCCCCc1cc2c(=O)c(Oc3cc(C)cc(C)c3)c(C(F)(F)F)oc2cc1OC(=O)c1ccc(Cl)cc1. The Balaban J connectivity index is 1.84. The fourth-order valence-electron chi connectivity index (χ4n) is 4.42. The number of unbranched alkanes of at least 4 members (excludes halogenated alkanes) is 3. The van der Waals surface area contributed by atoms with Crippen LogP contribution in [0.5, 0.6) is 17.2 Å². The molecule has 4 rings (SSSR count). The molecule has 0 aliphatic rings. The molecule has 1 heterocycles. The Morgan fingerprint density at radius 1 is 0.950 bits per heavy atom. The summed E-state index contributed by atoms with van der Waals surface area (Å²) >= 11 is 5.90. The van der Waals surface area contributed by atoms with E-state index in [1.54, 1.807) is 13.8 Å². The molecule has 4 aromatic rings. The molecule has 0 spiro atoms. The molecule has 0 aliphatic carbocycles. The van der Waals surface area contributed by atoms with E-state index in [4.69, 9.17) is 25.5 Å². The van der Waals surface area contributed by atoms with Crippen LogP contribution in [0.1, 0.15) is 65.4 Å². The lowest BCUT2D eigenvalue weighted by Gasteiger charge is -2.16. The maximum absolute atomic E-state index is 14.1. The smallest absolute Gasteiger partial charge is 0.449 e. The molecule has 0 N–H and O–H groups in total. The zero-order chi connectivity index (χ0) is 29.0. The number of esters is 1. The Morgan fingerprint density at radius 2 is 1.62 bits per heavy atom. The number of halogens is 4. The van der Waals surface area contributed by atoms with E-state index in [2.05, 4.69) is 6.92 Å². The van der Waals surface area contributed by atoms with Crippen molar-refractivity contribution in [2.75, 3.05) is 0 Å². The molecule has 0 unspecified atom stereocenters. The van der Waals surface area contributed by atoms with Gasteiger partial charge in [0.05, 0.1) is 10.9 Å². The molecule has 1 aromatic heterocycles. The second-order valence-electron chi connectivity index (χ2n) is 9.68. The number of carbonyl (C=O) groups is 1.